The number of benzene rings is 1. The smallest absolute Gasteiger partial charge is 0.153 e. The van der Waals surface area contributed by atoms with Crippen LogP contribution in [0, 0.1) is 0 Å². The van der Waals surface area contributed by atoms with Crippen LogP contribution in [-0.4, -0.2) is 23.1 Å². The lowest BCUT2D eigenvalue weighted by molar-refractivity contribution is 0.112. The summed E-state index contributed by atoms with van der Waals surface area (Å²) in [7, 11) is 0. The number of hydrogen-bond acceptors (Lipinski definition) is 3. The third kappa shape index (κ3) is 2.67. The highest BCUT2D eigenvalue weighted by atomic mass is 16.5. The average molecular weight is 258 g/mol. The molecule has 2 aromatic rings. The van der Waals surface area contributed by atoms with Crippen molar-refractivity contribution in [1.82, 2.24) is 10.2 Å². The van der Waals surface area contributed by atoms with E-state index in [0.717, 1.165) is 28.9 Å². The van der Waals surface area contributed by atoms with Crippen LogP contribution >= 0.6 is 0 Å². The highest BCUT2D eigenvalue weighted by Gasteiger charge is 2.12. The van der Waals surface area contributed by atoms with E-state index in [9.17, 15) is 4.79 Å². The van der Waals surface area contributed by atoms with Crippen molar-refractivity contribution in [1.29, 1.82) is 0 Å². The Morgan fingerprint density at radius 1 is 1.42 bits per heavy atom. The largest absolute Gasteiger partial charge is 0.494 e. The first-order valence-electron chi connectivity index (χ1n) is 6.43. The molecule has 4 heteroatoms. The summed E-state index contributed by atoms with van der Waals surface area (Å²) in [4.78, 5) is 11.0. The molecule has 2 rings (SSSR count). The SMILES string of the molecule is CCOc1ccc(-c2[nH]ncc2C=O)cc1C(C)C. The molecule has 0 aliphatic carbocycles. The van der Waals surface area contributed by atoms with Crippen LogP contribution in [0.25, 0.3) is 11.3 Å². The van der Waals surface area contributed by atoms with Crippen LogP contribution in [0.15, 0.2) is 24.4 Å². The zero-order chi connectivity index (χ0) is 13.8. The van der Waals surface area contributed by atoms with E-state index >= 15 is 0 Å². The summed E-state index contributed by atoms with van der Waals surface area (Å²) in [6.07, 6.45) is 2.35. The molecule has 1 N–H and O–H groups in total. The van der Waals surface area contributed by atoms with Crippen molar-refractivity contribution >= 4 is 6.29 Å². The fourth-order valence-electron chi connectivity index (χ4n) is 2.06. The molecule has 0 spiro atoms. The van der Waals surface area contributed by atoms with Crippen LogP contribution in [0.3, 0.4) is 0 Å². The van der Waals surface area contributed by atoms with Gasteiger partial charge in [-0.25, -0.2) is 0 Å². The molecule has 0 atom stereocenters. The van der Waals surface area contributed by atoms with Gasteiger partial charge in [0.15, 0.2) is 6.29 Å². The van der Waals surface area contributed by atoms with E-state index in [-0.39, 0.29) is 0 Å². The van der Waals surface area contributed by atoms with Crippen LogP contribution in [0.1, 0.15) is 42.6 Å². The van der Waals surface area contributed by atoms with Crippen molar-refractivity contribution in [3.8, 4) is 17.0 Å². The first-order valence-corrected chi connectivity index (χ1v) is 6.43. The molecule has 1 heterocycles. The first kappa shape index (κ1) is 13.3. The van der Waals surface area contributed by atoms with Gasteiger partial charge in [-0.2, -0.15) is 5.10 Å². The summed E-state index contributed by atoms with van der Waals surface area (Å²) in [5.74, 6) is 1.25. The zero-order valence-corrected chi connectivity index (χ0v) is 11.4. The van der Waals surface area contributed by atoms with Crippen LogP contribution in [-0.2, 0) is 0 Å². The summed E-state index contributed by atoms with van der Waals surface area (Å²) < 4.78 is 5.63. The molecular formula is C15H18N2O2. The number of rotatable bonds is 5. The van der Waals surface area contributed by atoms with Gasteiger partial charge in [0.25, 0.3) is 0 Å². The van der Waals surface area contributed by atoms with Gasteiger partial charge in [-0.1, -0.05) is 13.8 Å². The number of H-pyrrole nitrogens is 1. The molecule has 0 saturated carbocycles. The number of nitrogens with one attached hydrogen (secondary N) is 1. The van der Waals surface area contributed by atoms with E-state index in [1.807, 2.05) is 19.1 Å². The fraction of sp³-hybridized carbons (Fsp3) is 0.333. The number of carbonyl (C=O) groups excluding carboxylic acids is 1. The number of nitrogens with zero attached hydrogens (tertiary/aromatic N) is 1. The van der Waals surface area contributed by atoms with Crippen molar-refractivity contribution in [2.24, 2.45) is 0 Å². The Kier molecular flexibility index (Phi) is 4.00. The van der Waals surface area contributed by atoms with Gasteiger partial charge in [-0.15, -0.1) is 0 Å². The predicted octanol–water partition coefficient (Wildman–Crippen LogP) is 3.41. The van der Waals surface area contributed by atoms with E-state index in [0.29, 0.717) is 18.1 Å². The van der Waals surface area contributed by atoms with Gasteiger partial charge in [0, 0.05) is 5.56 Å². The second kappa shape index (κ2) is 5.69. The Labute approximate surface area is 112 Å². The van der Waals surface area contributed by atoms with Gasteiger partial charge in [-0.3, -0.25) is 9.89 Å². The number of hydrogen-bond donors (Lipinski definition) is 1. The second-order valence-electron chi connectivity index (χ2n) is 4.66. The minimum atomic E-state index is 0.351. The molecule has 0 amide bonds. The number of ether oxygens (including phenoxy) is 1. The van der Waals surface area contributed by atoms with Crippen molar-refractivity contribution in [3.05, 3.63) is 35.5 Å². The van der Waals surface area contributed by atoms with E-state index in [2.05, 4.69) is 30.1 Å². The van der Waals surface area contributed by atoms with Crippen LogP contribution in [0.2, 0.25) is 0 Å². The maximum atomic E-state index is 11.0. The normalized spacial score (nSPS) is 10.7. The maximum Gasteiger partial charge on any atom is 0.153 e. The Hall–Kier alpha value is -2.10. The topological polar surface area (TPSA) is 55.0 Å². The summed E-state index contributed by atoms with van der Waals surface area (Å²) >= 11 is 0. The molecule has 1 aromatic heterocycles. The molecule has 4 nitrogen and oxygen atoms in total. The monoisotopic (exact) mass is 258 g/mol. The zero-order valence-electron chi connectivity index (χ0n) is 11.4. The molecule has 0 bridgehead atoms. The molecule has 0 aliphatic heterocycles. The summed E-state index contributed by atoms with van der Waals surface area (Å²) in [5, 5.41) is 6.78. The van der Waals surface area contributed by atoms with Crippen molar-refractivity contribution in [2.75, 3.05) is 6.61 Å². The maximum absolute atomic E-state index is 11.0. The van der Waals surface area contributed by atoms with E-state index < -0.39 is 0 Å². The van der Waals surface area contributed by atoms with Crippen molar-refractivity contribution < 1.29 is 9.53 Å². The van der Waals surface area contributed by atoms with Crippen molar-refractivity contribution in [3.63, 3.8) is 0 Å². The Balaban J connectivity index is 2.49. The molecule has 19 heavy (non-hydrogen) atoms. The average Bonchev–Trinajstić information content (AvgIpc) is 2.87. The molecule has 100 valence electrons. The minimum Gasteiger partial charge on any atom is -0.494 e. The molecular weight excluding hydrogens is 240 g/mol. The minimum absolute atomic E-state index is 0.351. The van der Waals surface area contributed by atoms with Gasteiger partial charge >= 0.3 is 0 Å². The standard InChI is InChI=1S/C15H18N2O2/c1-4-19-14-6-5-11(7-13(14)10(2)3)15-12(9-18)8-16-17-15/h5-10H,4H2,1-3H3,(H,16,17). The van der Waals surface area contributed by atoms with E-state index in [4.69, 9.17) is 4.74 Å². The van der Waals surface area contributed by atoms with Gasteiger partial charge < -0.3 is 4.74 Å². The quantitative estimate of drug-likeness (QED) is 0.836. The molecule has 0 unspecified atom stereocenters. The highest BCUT2D eigenvalue weighted by molar-refractivity contribution is 5.85. The fourth-order valence-corrected chi connectivity index (χ4v) is 2.06. The van der Waals surface area contributed by atoms with E-state index in [1.165, 1.54) is 6.20 Å². The lowest BCUT2D eigenvalue weighted by Gasteiger charge is -2.14. The Bertz CT molecular complexity index is 573. The van der Waals surface area contributed by atoms with Crippen LogP contribution < -0.4 is 4.74 Å². The first-order chi connectivity index (χ1) is 9.17. The molecule has 1 aromatic carbocycles. The van der Waals surface area contributed by atoms with Crippen molar-refractivity contribution in [2.45, 2.75) is 26.7 Å². The number of carbonyl (C=O) groups is 1. The lowest BCUT2D eigenvalue weighted by Crippen LogP contribution is -1.99. The van der Waals surface area contributed by atoms with E-state index in [1.54, 1.807) is 0 Å². The molecule has 0 radical (unpaired) electrons. The second-order valence-corrected chi connectivity index (χ2v) is 4.66. The summed E-state index contributed by atoms with van der Waals surface area (Å²) in [5.41, 5.74) is 3.40. The summed E-state index contributed by atoms with van der Waals surface area (Å²) in [6.45, 7) is 6.85. The van der Waals surface area contributed by atoms with Crippen LogP contribution in [0.4, 0.5) is 0 Å². The lowest BCUT2D eigenvalue weighted by atomic mass is 9.97. The number of aldehydes is 1. The third-order valence-electron chi connectivity index (χ3n) is 3.02. The van der Waals surface area contributed by atoms with Gasteiger partial charge in [0.05, 0.1) is 24.1 Å². The van der Waals surface area contributed by atoms with Gasteiger partial charge in [0.1, 0.15) is 5.75 Å². The van der Waals surface area contributed by atoms with Gasteiger partial charge in [0.2, 0.25) is 0 Å². The Morgan fingerprint density at radius 2 is 2.21 bits per heavy atom. The third-order valence-corrected chi connectivity index (χ3v) is 3.02. The predicted molar refractivity (Wildman–Crippen MR) is 74.7 cm³/mol. The summed E-state index contributed by atoms with van der Waals surface area (Å²) in [6, 6.07) is 5.94. The molecule has 0 saturated heterocycles. The van der Waals surface area contributed by atoms with Crippen LogP contribution in [0.5, 0.6) is 5.75 Å². The van der Waals surface area contributed by atoms with Gasteiger partial charge in [-0.05, 0) is 36.6 Å². The number of aromatic nitrogens is 2. The number of aromatic amines is 1. The Morgan fingerprint density at radius 3 is 2.84 bits per heavy atom. The molecule has 0 aliphatic rings. The highest BCUT2D eigenvalue weighted by Crippen LogP contribution is 2.31. The molecule has 0 fully saturated rings.